The molecule has 1 aromatic carbocycles. The Balaban J connectivity index is 0.00000161. The first-order chi connectivity index (χ1) is 9.67. The number of hydrogen-bond acceptors (Lipinski definition) is 3. The smallest absolute Gasteiger partial charge is 0.289 e. The summed E-state index contributed by atoms with van der Waals surface area (Å²) in [7, 11) is 1.93. The topological polar surface area (TPSA) is 45.5 Å². The summed E-state index contributed by atoms with van der Waals surface area (Å²) in [6, 6.07) is 7.50. The zero-order chi connectivity index (χ0) is 14.1. The van der Waals surface area contributed by atoms with Gasteiger partial charge in [0.15, 0.2) is 5.76 Å². The monoisotopic (exact) mass is 328 g/mol. The third-order valence-corrected chi connectivity index (χ3v) is 4.04. The molecule has 0 radical (unpaired) electrons. The van der Waals surface area contributed by atoms with Crippen LogP contribution >= 0.6 is 24.0 Å². The lowest BCUT2D eigenvalue weighted by Gasteiger charge is -2.31. The number of likely N-dealkylation sites (tertiary alicyclic amines) is 1. The molecule has 114 valence electrons. The number of piperidine rings is 1. The van der Waals surface area contributed by atoms with Crippen LogP contribution in [0, 0.1) is 0 Å². The van der Waals surface area contributed by atoms with Crippen molar-refractivity contribution in [3.05, 3.63) is 35.0 Å². The van der Waals surface area contributed by atoms with E-state index in [1.165, 1.54) is 0 Å². The summed E-state index contributed by atoms with van der Waals surface area (Å²) in [5.74, 6) is 0.344. The lowest BCUT2D eigenvalue weighted by atomic mass is 10.1. The maximum atomic E-state index is 12.5. The molecule has 0 saturated carbocycles. The lowest BCUT2D eigenvalue weighted by Crippen LogP contribution is -2.46. The summed E-state index contributed by atoms with van der Waals surface area (Å²) >= 11 is 5.95. The number of nitrogens with one attached hydrogen (secondary N) is 1. The van der Waals surface area contributed by atoms with Crippen molar-refractivity contribution in [3.63, 3.8) is 0 Å². The van der Waals surface area contributed by atoms with E-state index in [1.807, 2.05) is 18.0 Å². The van der Waals surface area contributed by atoms with Crippen LogP contribution in [0.3, 0.4) is 0 Å². The molecular weight excluding hydrogens is 311 g/mol. The fourth-order valence-electron chi connectivity index (χ4n) is 2.67. The van der Waals surface area contributed by atoms with E-state index < -0.39 is 0 Å². The highest BCUT2D eigenvalue weighted by molar-refractivity contribution is 6.31. The van der Waals surface area contributed by atoms with Gasteiger partial charge in [-0.15, -0.1) is 12.4 Å². The predicted octanol–water partition coefficient (Wildman–Crippen LogP) is 3.33. The molecule has 1 N–H and O–H groups in total. The van der Waals surface area contributed by atoms with Crippen molar-refractivity contribution >= 4 is 40.9 Å². The van der Waals surface area contributed by atoms with Gasteiger partial charge in [-0.25, -0.2) is 0 Å². The molecule has 1 amide bonds. The molecule has 1 unspecified atom stereocenters. The number of halogens is 2. The van der Waals surface area contributed by atoms with Gasteiger partial charge in [-0.2, -0.15) is 0 Å². The van der Waals surface area contributed by atoms with Crippen molar-refractivity contribution in [2.75, 3.05) is 20.1 Å². The van der Waals surface area contributed by atoms with Crippen LogP contribution < -0.4 is 5.32 Å². The third-order valence-electron chi connectivity index (χ3n) is 3.81. The average Bonchev–Trinajstić information content (AvgIpc) is 2.89. The number of carbonyl (C=O) groups excluding carboxylic acids is 1. The van der Waals surface area contributed by atoms with Gasteiger partial charge in [0, 0.05) is 29.5 Å². The number of fused-ring (bicyclic) bond motifs is 1. The molecule has 1 aromatic heterocycles. The number of carbonyl (C=O) groups is 1. The van der Waals surface area contributed by atoms with E-state index >= 15 is 0 Å². The lowest BCUT2D eigenvalue weighted by molar-refractivity contribution is 0.0668. The number of furan rings is 1. The first-order valence-electron chi connectivity index (χ1n) is 6.83. The molecular formula is C15H18Cl2N2O2. The zero-order valence-corrected chi connectivity index (χ0v) is 13.3. The first kappa shape index (κ1) is 16.1. The predicted molar refractivity (Wildman–Crippen MR) is 86.5 cm³/mol. The summed E-state index contributed by atoms with van der Waals surface area (Å²) in [6.45, 7) is 1.52. The number of likely N-dealkylation sites (N-methyl/N-ethyl adjacent to an activating group) is 1. The second-order valence-electron chi connectivity index (χ2n) is 5.17. The fraction of sp³-hybridized carbons (Fsp3) is 0.400. The second kappa shape index (κ2) is 6.69. The van der Waals surface area contributed by atoms with Gasteiger partial charge >= 0.3 is 0 Å². The maximum Gasteiger partial charge on any atom is 0.289 e. The van der Waals surface area contributed by atoms with Gasteiger partial charge in [0.25, 0.3) is 5.91 Å². The summed E-state index contributed by atoms with van der Waals surface area (Å²) < 4.78 is 5.64. The van der Waals surface area contributed by atoms with Crippen LogP contribution in [0.2, 0.25) is 5.02 Å². The number of nitrogens with zero attached hydrogens (tertiary/aromatic N) is 1. The van der Waals surface area contributed by atoms with Crippen molar-refractivity contribution in [3.8, 4) is 0 Å². The summed E-state index contributed by atoms with van der Waals surface area (Å²) in [5.41, 5.74) is 0.694. The van der Waals surface area contributed by atoms with Crippen molar-refractivity contribution in [2.24, 2.45) is 0 Å². The molecule has 2 aromatic rings. The third kappa shape index (κ3) is 3.34. The van der Waals surface area contributed by atoms with Gasteiger partial charge in [0.05, 0.1) is 0 Å². The van der Waals surface area contributed by atoms with Gasteiger partial charge < -0.3 is 14.6 Å². The Morgan fingerprint density at radius 2 is 2.24 bits per heavy atom. The van der Waals surface area contributed by atoms with Gasteiger partial charge in [0.2, 0.25) is 0 Å². The van der Waals surface area contributed by atoms with E-state index in [0.29, 0.717) is 22.4 Å². The molecule has 1 atom stereocenters. The molecule has 1 fully saturated rings. The quantitative estimate of drug-likeness (QED) is 0.919. The van der Waals surface area contributed by atoms with Crippen LogP contribution in [0.1, 0.15) is 23.4 Å². The second-order valence-corrected chi connectivity index (χ2v) is 5.61. The van der Waals surface area contributed by atoms with Crippen molar-refractivity contribution < 1.29 is 9.21 Å². The van der Waals surface area contributed by atoms with Crippen molar-refractivity contribution in [2.45, 2.75) is 18.9 Å². The molecule has 1 saturated heterocycles. The maximum absolute atomic E-state index is 12.5. The van der Waals surface area contributed by atoms with Crippen molar-refractivity contribution in [1.29, 1.82) is 0 Å². The van der Waals surface area contributed by atoms with Crippen LogP contribution in [0.15, 0.2) is 28.7 Å². The van der Waals surface area contributed by atoms with E-state index in [1.54, 1.807) is 18.2 Å². The fourth-order valence-corrected chi connectivity index (χ4v) is 2.85. The van der Waals surface area contributed by atoms with Crippen LogP contribution in [-0.4, -0.2) is 37.0 Å². The minimum absolute atomic E-state index is 0. The largest absolute Gasteiger partial charge is 0.451 e. The molecule has 1 aliphatic rings. The Labute approximate surface area is 134 Å². The zero-order valence-electron chi connectivity index (χ0n) is 11.8. The number of hydrogen-bond donors (Lipinski definition) is 1. The number of benzene rings is 1. The van der Waals surface area contributed by atoms with Crippen molar-refractivity contribution in [1.82, 2.24) is 10.2 Å². The van der Waals surface area contributed by atoms with Gasteiger partial charge in [-0.3, -0.25) is 4.79 Å². The van der Waals surface area contributed by atoms with Gasteiger partial charge in [0.1, 0.15) is 5.58 Å². The van der Waals surface area contributed by atoms with Crippen LogP contribution in [0.4, 0.5) is 0 Å². The molecule has 21 heavy (non-hydrogen) atoms. The van der Waals surface area contributed by atoms with Crippen LogP contribution in [-0.2, 0) is 0 Å². The highest BCUT2D eigenvalue weighted by Gasteiger charge is 2.25. The van der Waals surface area contributed by atoms with Crippen LogP contribution in [0.5, 0.6) is 0 Å². The first-order valence-corrected chi connectivity index (χ1v) is 7.21. The SMILES string of the molecule is CNC1CCCN(C(=O)c2cc3cc(Cl)ccc3o2)C1.Cl. The van der Waals surface area contributed by atoms with Gasteiger partial charge in [-0.1, -0.05) is 11.6 Å². The average molecular weight is 329 g/mol. The van der Waals surface area contributed by atoms with E-state index in [2.05, 4.69) is 5.32 Å². The Hall–Kier alpha value is -1.23. The Kier molecular flexibility index (Phi) is 5.14. The highest BCUT2D eigenvalue weighted by atomic mass is 35.5. The minimum atomic E-state index is -0.0442. The highest BCUT2D eigenvalue weighted by Crippen LogP contribution is 2.24. The standard InChI is InChI=1S/C15H17ClN2O2.ClH/c1-17-12-3-2-6-18(9-12)15(19)14-8-10-7-11(16)4-5-13(10)20-14;/h4-5,7-8,12,17H,2-3,6,9H2,1H3;1H. The van der Waals surface area contributed by atoms with E-state index in [0.717, 1.165) is 31.3 Å². The summed E-state index contributed by atoms with van der Waals surface area (Å²) in [5, 5.41) is 4.74. The van der Waals surface area contributed by atoms with Gasteiger partial charge in [-0.05, 0) is 44.2 Å². The van der Waals surface area contributed by atoms with E-state index in [9.17, 15) is 4.79 Å². The molecule has 0 bridgehead atoms. The summed E-state index contributed by atoms with van der Waals surface area (Å²) in [6.07, 6.45) is 2.12. The molecule has 4 nitrogen and oxygen atoms in total. The number of rotatable bonds is 2. The molecule has 0 aliphatic carbocycles. The van der Waals surface area contributed by atoms with Crippen LogP contribution in [0.25, 0.3) is 11.0 Å². The Morgan fingerprint density at radius 3 is 3.00 bits per heavy atom. The minimum Gasteiger partial charge on any atom is -0.451 e. The molecule has 1 aliphatic heterocycles. The number of amides is 1. The normalized spacial score (nSPS) is 18.6. The Bertz CT molecular complexity index is 642. The molecule has 2 heterocycles. The molecule has 6 heteroatoms. The Morgan fingerprint density at radius 1 is 1.43 bits per heavy atom. The van der Waals surface area contributed by atoms with E-state index in [-0.39, 0.29) is 18.3 Å². The van der Waals surface area contributed by atoms with E-state index in [4.69, 9.17) is 16.0 Å². The molecule has 3 rings (SSSR count). The summed E-state index contributed by atoms with van der Waals surface area (Å²) in [4.78, 5) is 14.3. The molecule has 0 spiro atoms.